The Hall–Kier alpha value is -0.160. The van der Waals surface area contributed by atoms with Crippen LogP contribution in [0, 0.1) is 0 Å². The molecular weight excluding hydrogens is 236 g/mol. The van der Waals surface area contributed by atoms with Crippen LogP contribution in [0.15, 0.2) is 0 Å². The van der Waals surface area contributed by atoms with Crippen molar-refractivity contribution in [2.24, 2.45) is 17.2 Å². The first-order valence-corrected chi connectivity index (χ1v) is 7.34. The van der Waals surface area contributed by atoms with Crippen molar-refractivity contribution in [1.82, 2.24) is 4.90 Å². The molecule has 0 atom stereocenters. The first-order chi connectivity index (χ1) is 8.33. The van der Waals surface area contributed by atoms with Gasteiger partial charge in [-0.2, -0.15) is 0 Å². The summed E-state index contributed by atoms with van der Waals surface area (Å²) in [5.41, 5.74) is 18.3. The van der Waals surface area contributed by atoms with Gasteiger partial charge in [0.05, 0.1) is 0 Å². The lowest BCUT2D eigenvalue weighted by atomic mass is 9.80. The molecular formula is C15H36N4. The number of rotatable bonds is 9. The van der Waals surface area contributed by atoms with E-state index in [1.54, 1.807) is 0 Å². The summed E-state index contributed by atoms with van der Waals surface area (Å²) in [5.74, 6) is 0. The third-order valence-corrected chi connectivity index (χ3v) is 3.59. The Morgan fingerprint density at radius 2 is 1.05 bits per heavy atom. The molecule has 0 bridgehead atoms. The molecule has 0 aliphatic rings. The monoisotopic (exact) mass is 272 g/mol. The van der Waals surface area contributed by atoms with E-state index in [1.807, 2.05) is 0 Å². The summed E-state index contributed by atoms with van der Waals surface area (Å²) in [6.07, 6.45) is 4.80. The first kappa shape index (κ1) is 18.8. The van der Waals surface area contributed by atoms with Crippen LogP contribution in [0.3, 0.4) is 0 Å². The van der Waals surface area contributed by atoms with Crippen LogP contribution in [0.5, 0.6) is 0 Å². The van der Waals surface area contributed by atoms with Crippen molar-refractivity contribution in [2.45, 2.75) is 76.4 Å². The number of hydrogen-bond donors (Lipinski definition) is 3. The van der Waals surface area contributed by atoms with Crippen LogP contribution < -0.4 is 17.2 Å². The largest absolute Gasteiger partial charge is 0.326 e. The lowest BCUT2D eigenvalue weighted by molar-refractivity contribution is 0.244. The fourth-order valence-corrected chi connectivity index (χ4v) is 1.96. The van der Waals surface area contributed by atoms with Gasteiger partial charge in [0.1, 0.15) is 0 Å². The van der Waals surface area contributed by atoms with Crippen molar-refractivity contribution >= 4 is 0 Å². The van der Waals surface area contributed by atoms with Crippen LogP contribution in [0.2, 0.25) is 0 Å². The standard InChI is InChI=1S/C15H36N4/c1-13(2,16)7-9-15(18,11-12-19(5)6)10-8-14(3,4)17/h7-12,16-18H2,1-6H3. The molecule has 0 fully saturated rings. The van der Waals surface area contributed by atoms with E-state index in [1.165, 1.54) is 0 Å². The zero-order valence-electron chi connectivity index (χ0n) is 13.9. The minimum Gasteiger partial charge on any atom is -0.326 e. The predicted octanol–water partition coefficient (Wildman–Crippen LogP) is 1.67. The fraction of sp³-hybridized carbons (Fsp3) is 1.00. The van der Waals surface area contributed by atoms with Gasteiger partial charge in [0.25, 0.3) is 0 Å². The molecule has 0 aromatic heterocycles. The van der Waals surface area contributed by atoms with Gasteiger partial charge in [0.15, 0.2) is 0 Å². The molecule has 19 heavy (non-hydrogen) atoms. The minimum atomic E-state index is -0.155. The summed E-state index contributed by atoms with van der Waals surface area (Å²) >= 11 is 0. The number of nitrogens with zero attached hydrogens (tertiary/aromatic N) is 1. The smallest absolute Gasteiger partial charge is 0.0167 e. The molecule has 0 aromatic carbocycles. The second-order valence-electron chi connectivity index (χ2n) is 7.89. The Labute approximate surface area is 120 Å². The fourth-order valence-electron chi connectivity index (χ4n) is 1.96. The van der Waals surface area contributed by atoms with Crippen LogP contribution in [0.25, 0.3) is 0 Å². The van der Waals surface area contributed by atoms with Gasteiger partial charge in [0.2, 0.25) is 0 Å². The van der Waals surface area contributed by atoms with Gasteiger partial charge in [-0.25, -0.2) is 0 Å². The molecule has 0 unspecified atom stereocenters. The molecule has 0 amide bonds. The molecule has 0 saturated carbocycles. The Bertz CT molecular complexity index is 230. The van der Waals surface area contributed by atoms with Gasteiger partial charge in [-0.15, -0.1) is 0 Å². The second-order valence-corrected chi connectivity index (χ2v) is 7.89. The van der Waals surface area contributed by atoms with Crippen LogP contribution in [-0.2, 0) is 0 Å². The molecule has 0 aromatic rings. The maximum absolute atomic E-state index is 6.62. The highest BCUT2D eigenvalue weighted by Crippen LogP contribution is 2.26. The summed E-state index contributed by atoms with van der Waals surface area (Å²) in [7, 11) is 4.17. The van der Waals surface area contributed by atoms with Gasteiger partial charge in [-0.1, -0.05) is 0 Å². The molecule has 0 spiro atoms. The van der Waals surface area contributed by atoms with E-state index in [0.29, 0.717) is 0 Å². The second kappa shape index (κ2) is 7.02. The van der Waals surface area contributed by atoms with Crippen LogP contribution >= 0.6 is 0 Å². The maximum atomic E-state index is 6.62. The molecule has 0 aliphatic carbocycles. The third-order valence-electron chi connectivity index (χ3n) is 3.59. The molecule has 6 N–H and O–H groups in total. The molecule has 4 heteroatoms. The lowest BCUT2D eigenvalue weighted by Gasteiger charge is -2.35. The third kappa shape index (κ3) is 11.4. The SMILES string of the molecule is CN(C)CCC(N)(CCC(C)(C)N)CCC(C)(C)N. The maximum Gasteiger partial charge on any atom is 0.0167 e. The Kier molecular flexibility index (Phi) is 6.96. The quantitative estimate of drug-likeness (QED) is 0.596. The molecule has 116 valence electrons. The Morgan fingerprint density at radius 1 is 0.684 bits per heavy atom. The average Bonchev–Trinajstić information content (AvgIpc) is 2.19. The van der Waals surface area contributed by atoms with Crippen LogP contribution in [-0.4, -0.2) is 42.2 Å². The van der Waals surface area contributed by atoms with E-state index in [4.69, 9.17) is 17.2 Å². The highest BCUT2D eigenvalue weighted by atomic mass is 15.1. The average molecular weight is 272 g/mol. The van der Waals surface area contributed by atoms with E-state index < -0.39 is 0 Å². The van der Waals surface area contributed by atoms with Gasteiger partial charge < -0.3 is 22.1 Å². The predicted molar refractivity (Wildman–Crippen MR) is 85.1 cm³/mol. The number of hydrogen-bond acceptors (Lipinski definition) is 4. The van der Waals surface area contributed by atoms with Crippen molar-refractivity contribution < 1.29 is 0 Å². The highest BCUT2D eigenvalue weighted by molar-refractivity contribution is 4.90. The van der Waals surface area contributed by atoms with Crippen molar-refractivity contribution in [3.05, 3.63) is 0 Å². The van der Waals surface area contributed by atoms with Crippen molar-refractivity contribution in [3.8, 4) is 0 Å². The van der Waals surface area contributed by atoms with E-state index in [-0.39, 0.29) is 16.6 Å². The van der Waals surface area contributed by atoms with Gasteiger partial charge in [-0.05, 0) is 80.4 Å². The summed E-state index contributed by atoms with van der Waals surface area (Å²) in [4.78, 5) is 2.18. The summed E-state index contributed by atoms with van der Waals surface area (Å²) < 4.78 is 0. The summed E-state index contributed by atoms with van der Waals surface area (Å²) in [5, 5.41) is 0. The Balaban J connectivity index is 4.52. The molecule has 0 rings (SSSR count). The van der Waals surface area contributed by atoms with Crippen LogP contribution in [0.1, 0.15) is 59.8 Å². The highest BCUT2D eigenvalue weighted by Gasteiger charge is 2.29. The molecule has 0 heterocycles. The van der Waals surface area contributed by atoms with Crippen molar-refractivity contribution in [3.63, 3.8) is 0 Å². The van der Waals surface area contributed by atoms with E-state index in [0.717, 1.165) is 38.6 Å². The molecule has 0 radical (unpaired) electrons. The van der Waals surface area contributed by atoms with Crippen molar-refractivity contribution in [1.29, 1.82) is 0 Å². The normalized spacial score (nSPS) is 14.2. The zero-order chi connectivity index (χ0) is 15.3. The van der Waals surface area contributed by atoms with Crippen LogP contribution in [0.4, 0.5) is 0 Å². The van der Waals surface area contributed by atoms with Gasteiger partial charge in [-0.3, -0.25) is 0 Å². The summed E-state index contributed by atoms with van der Waals surface area (Å²) in [6.45, 7) is 9.25. The van der Waals surface area contributed by atoms with Crippen molar-refractivity contribution in [2.75, 3.05) is 20.6 Å². The molecule has 0 aliphatic heterocycles. The summed E-state index contributed by atoms with van der Waals surface area (Å²) in [6, 6.07) is 0. The zero-order valence-corrected chi connectivity index (χ0v) is 13.9. The number of nitrogens with two attached hydrogens (primary N) is 3. The topological polar surface area (TPSA) is 81.3 Å². The van der Waals surface area contributed by atoms with E-state index in [9.17, 15) is 0 Å². The minimum absolute atomic E-state index is 0.152. The van der Waals surface area contributed by atoms with E-state index >= 15 is 0 Å². The van der Waals surface area contributed by atoms with E-state index in [2.05, 4.69) is 46.7 Å². The molecule has 0 saturated heterocycles. The molecule has 4 nitrogen and oxygen atoms in total. The van der Waals surface area contributed by atoms with Gasteiger partial charge in [0, 0.05) is 16.6 Å². The Morgan fingerprint density at radius 3 is 1.32 bits per heavy atom. The lowest BCUT2D eigenvalue weighted by Crippen LogP contribution is -2.47. The first-order valence-electron chi connectivity index (χ1n) is 7.34. The van der Waals surface area contributed by atoms with Gasteiger partial charge >= 0.3 is 0 Å².